The van der Waals surface area contributed by atoms with Crippen molar-refractivity contribution in [2.45, 2.75) is 18.4 Å². The number of carbonyl (C=O) groups is 1. The van der Waals surface area contributed by atoms with Crippen LogP contribution in [0.1, 0.15) is 12.5 Å². The predicted molar refractivity (Wildman–Crippen MR) is 93.9 cm³/mol. The van der Waals surface area contributed by atoms with Crippen LogP contribution in [0.15, 0.2) is 51.8 Å². The van der Waals surface area contributed by atoms with Gasteiger partial charge >= 0.3 is 0 Å². The van der Waals surface area contributed by atoms with Gasteiger partial charge in [0.15, 0.2) is 0 Å². The van der Waals surface area contributed by atoms with Crippen molar-refractivity contribution in [1.82, 2.24) is 4.72 Å². The molecular weight excluding hydrogens is 404 g/mol. The molecule has 0 saturated heterocycles. The van der Waals surface area contributed by atoms with Crippen LogP contribution in [0.25, 0.3) is 0 Å². The Hall–Kier alpha value is -1.41. The van der Waals surface area contributed by atoms with Crippen LogP contribution in [-0.2, 0) is 21.4 Å². The minimum Gasteiger partial charge on any atom is -0.325 e. The minimum absolute atomic E-state index is 0.0312. The van der Waals surface area contributed by atoms with Crippen molar-refractivity contribution < 1.29 is 13.2 Å². The van der Waals surface area contributed by atoms with Crippen LogP contribution in [0.2, 0.25) is 5.02 Å². The highest BCUT2D eigenvalue weighted by molar-refractivity contribution is 9.10. The van der Waals surface area contributed by atoms with E-state index in [1.54, 1.807) is 0 Å². The summed E-state index contributed by atoms with van der Waals surface area (Å²) >= 11 is 9.38. The van der Waals surface area contributed by atoms with E-state index >= 15 is 0 Å². The molecule has 2 aromatic carbocycles. The molecule has 1 amide bonds. The third-order valence-electron chi connectivity index (χ3n) is 2.97. The second-order valence-corrected chi connectivity index (χ2v) is 7.77. The number of carbonyl (C=O) groups excluding carboxylic acids is 1. The first-order valence-electron chi connectivity index (χ1n) is 6.60. The second kappa shape index (κ2) is 7.44. The molecule has 2 N–H and O–H groups in total. The first-order valence-corrected chi connectivity index (χ1v) is 9.25. The average molecular weight is 418 g/mol. The fourth-order valence-electron chi connectivity index (χ4n) is 1.85. The van der Waals surface area contributed by atoms with E-state index < -0.39 is 10.0 Å². The molecule has 2 rings (SSSR count). The molecule has 0 bridgehead atoms. The summed E-state index contributed by atoms with van der Waals surface area (Å²) in [5.41, 5.74) is 1.18. The lowest BCUT2D eigenvalue weighted by molar-refractivity contribution is -0.114. The van der Waals surface area contributed by atoms with Gasteiger partial charge in [-0.05, 0) is 29.8 Å². The van der Waals surface area contributed by atoms with E-state index in [9.17, 15) is 13.2 Å². The van der Waals surface area contributed by atoms with Crippen molar-refractivity contribution in [1.29, 1.82) is 0 Å². The minimum atomic E-state index is -3.71. The van der Waals surface area contributed by atoms with Crippen molar-refractivity contribution in [3.8, 4) is 0 Å². The molecule has 23 heavy (non-hydrogen) atoms. The van der Waals surface area contributed by atoms with Gasteiger partial charge < -0.3 is 5.32 Å². The number of benzene rings is 2. The molecule has 5 nitrogen and oxygen atoms in total. The normalized spacial score (nSPS) is 11.3. The largest absolute Gasteiger partial charge is 0.325 e. The van der Waals surface area contributed by atoms with Gasteiger partial charge in [0.05, 0.1) is 15.6 Å². The monoisotopic (exact) mass is 416 g/mol. The van der Waals surface area contributed by atoms with Crippen LogP contribution in [-0.4, -0.2) is 14.3 Å². The molecule has 0 aliphatic rings. The summed E-state index contributed by atoms with van der Waals surface area (Å²) in [5.74, 6) is -0.283. The SMILES string of the molecule is CC(=O)Nc1ccc(S(=O)(=O)NCc2ccccc2Br)cc1Cl. The van der Waals surface area contributed by atoms with E-state index in [1.165, 1.54) is 25.1 Å². The molecule has 0 fully saturated rings. The topological polar surface area (TPSA) is 75.3 Å². The first-order chi connectivity index (χ1) is 10.8. The zero-order chi connectivity index (χ0) is 17.0. The molecule has 0 atom stereocenters. The summed E-state index contributed by atoms with van der Waals surface area (Å²) in [4.78, 5) is 11.1. The number of hydrogen-bond acceptors (Lipinski definition) is 3. The van der Waals surface area contributed by atoms with E-state index in [2.05, 4.69) is 26.0 Å². The number of rotatable bonds is 5. The van der Waals surface area contributed by atoms with E-state index in [-0.39, 0.29) is 22.4 Å². The molecule has 0 aromatic heterocycles. The first kappa shape index (κ1) is 17.9. The molecule has 0 spiro atoms. The molecule has 0 aliphatic heterocycles. The summed E-state index contributed by atoms with van der Waals surface area (Å²) < 4.78 is 28.0. The van der Waals surface area contributed by atoms with Crippen LogP contribution in [0.5, 0.6) is 0 Å². The average Bonchev–Trinajstić information content (AvgIpc) is 2.48. The Labute approximate surface area is 148 Å². The molecule has 8 heteroatoms. The molecule has 2 aromatic rings. The highest BCUT2D eigenvalue weighted by Gasteiger charge is 2.16. The standard InChI is InChI=1S/C15H14BrClN2O3S/c1-10(20)19-15-7-6-12(8-14(15)17)23(21,22)18-9-11-4-2-3-5-13(11)16/h2-8,18H,9H2,1H3,(H,19,20). The number of nitrogens with one attached hydrogen (secondary N) is 2. The molecule has 122 valence electrons. The van der Waals surface area contributed by atoms with Crippen LogP contribution in [0, 0.1) is 0 Å². The van der Waals surface area contributed by atoms with Crippen molar-refractivity contribution in [3.63, 3.8) is 0 Å². The van der Waals surface area contributed by atoms with Crippen molar-refractivity contribution in [3.05, 3.63) is 57.5 Å². The van der Waals surface area contributed by atoms with Gasteiger partial charge in [-0.3, -0.25) is 4.79 Å². The highest BCUT2D eigenvalue weighted by atomic mass is 79.9. The van der Waals surface area contributed by atoms with Gasteiger partial charge in [0.25, 0.3) is 0 Å². The van der Waals surface area contributed by atoms with Gasteiger partial charge in [0.1, 0.15) is 0 Å². The molecule has 0 aliphatic carbocycles. The molecular formula is C15H14BrClN2O3S. The Morgan fingerprint density at radius 3 is 2.52 bits per heavy atom. The number of anilines is 1. The van der Waals surface area contributed by atoms with Crippen LogP contribution < -0.4 is 10.0 Å². The van der Waals surface area contributed by atoms with E-state index in [0.29, 0.717) is 5.69 Å². The second-order valence-electron chi connectivity index (χ2n) is 4.74. The van der Waals surface area contributed by atoms with Gasteiger partial charge in [0.2, 0.25) is 15.9 Å². The molecule has 0 heterocycles. The Bertz CT molecular complexity index is 840. The number of amides is 1. The van der Waals surface area contributed by atoms with Gasteiger partial charge in [0, 0.05) is 17.9 Å². The maximum Gasteiger partial charge on any atom is 0.240 e. The van der Waals surface area contributed by atoms with E-state index in [0.717, 1.165) is 10.0 Å². The number of sulfonamides is 1. The lowest BCUT2D eigenvalue weighted by Gasteiger charge is -2.10. The summed E-state index contributed by atoms with van der Waals surface area (Å²) in [6.07, 6.45) is 0. The third-order valence-corrected chi connectivity index (χ3v) is 5.46. The Balaban J connectivity index is 2.18. The Kier molecular flexibility index (Phi) is 5.80. The number of halogens is 2. The zero-order valence-electron chi connectivity index (χ0n) is 12.1. The zero-order valence-corrected chi connectivity index (χ0v) is 15.3. The van der Waals surface area contributed by atoms with Gasteiger partial charge in [-0.2, -0.15) is 0 Å². The van der Waals surface area contributed by atoms with Crippen molar-refractivity contribution >= 4 is 49.1 Å². The van der Waals surface area contributed by atoms with Gasteiger partial charge in [-0.1, -0.05) is 45.7 Å². The Morgan fingerprint density at radius 2 is 1.91 bits per heavy atom. The summed E-state index contributed by atoms with van der Waals surface area (Å²) in [6.45, 7) is 1.50. The third kappa shape index (κ3) is 4.78. The van der Waals surface area contributed by atoms with Crippen LogP contribution >= 0.6 is 27.5 Å². The van der Waals surface area contributed by atoms with Crippen molar-refractivity contribution in [2.75, 3.05) is 5.32 Å². The molecule has 0 saturated carbocycles. The van der Waals surface area contributed by atoms with Crippen LogP contribution in [0.3, 0.4) is 0 Å². The lowest BCUT2D eigenvalue weighted by atomic mass is 10.2. The smallest absolute Gasteiger partial charge is 0.240 e. The summed E-state index contributed by atoms with van der Waals surface area (Å²) in [5, 5.41) is 2.68. The lowest BCUT2D eigenvalue weighted by Crippen LogP contribution is -2.23. The highest BCUT2D eigenvalue weighted by Crippen LogP contribution is 2.25. The van der Waals surface area contributed by atoms with Crippen LogP contribution in [0.4, 0.5) is 5.69 Å². The maximum atomic E-state index is 12.3. The molecule has 0 radical (unpaired) electrons. The van der Waals surface area contributed by atoms with Crippen molar-refractivity contribution in [2.24, 2.45) is 0 Å². The van der Waals surface area contributed by atoms with E-state index in [1.807, 2.05) is 24.3 Å². The fourth-order valence-corrected chi connectivity index (χ4v) is 3.60. The predicted octanol–water partition coefficient (Wildman–Crippen LogP) is 3.54. The maximum absolute atomic E-state index is 12.3. The number of hydrogen-bond donors (Lipinski definition) is 2. The quantitative estimate of drug-likeness (QED) is 0.781. The summed E-state index contributed by atoms with van der Waals surface area (Å²) in [6, 6.07) is 11.5. The van der Waals surface area contributed by atoms with E-state index in [4.69, 9.17) is 11.6 Å². The Morgan fingerprint density at radius 1 is 1.22 bits per heavy atom. The van der Waals surface area contributed by atoms with Gasteiger partial charge in [-0.25, -0.2) is 13.1 Å². The fraction of sp³-hybridized carbons (Fsp3) is 0.133. The summed E-state index contributed by atoms with van der Waals surface area (Å²) in [7, 11) is -3.71. The van der Waals surface area contributed by atoms with Gasteiger partial charge in [-0.15, -0.1) is 0 Å². The molecule has 0 unspecified atom stereocenters.